The minimum Gasteiger partial charge on any atom is -0.394 e. The van der Waals surface area contributed by atoms with Gasteiger partial charge >= 0.3 is 0 Å². The van der Waals surface area contributed by atoms with Gasteiger partial charge < -0.3 is 29.2 Å². The molecule has 0 aliphatic carbocycles. The van der Waals surface area contributed by atoms with Crippen molar-refractivity contribution in [2.24, 2.45) is 0 Å². The average Bonchev–Trinajstić information content (AvgIpc) is 2.24. The van der Waals surface area contributed by atoms with Gasteiger partial charge in [-0.05, 0) is 0 Å². The second kappa shape index (κ2) is 9.02. The summed E-state index contributed by atoms with van der Waals surface area (Å²) in [4.78, 5) is 0. The Bertz CT molecular complexity index is 125. The van der Waals surface area contributed by atoms with Crippen molar-refractivity contribution in [2.45, 2.75) is 5.60 Å². The first kappa shape index (κ1) is 14.8. The molecule has 0 aromatic carbocycles. The molecule has 0 atom stereocenters. The minimum absolute atomic E-state index is 0.0890. The number of aliphatic hydroxyl groups is 2. The summed E-state index contributed by atoms with van der Waals surface area (Å²) < 4.78 is 20.3. The van der Waals surface area contributed by atoms with Crippen LogP contribution in [0.2, 0.25) is 0 Å². The molecule has 2 N–H and O–H groups in total. The number of ether oxygens (including phenoxy) is 4. The number of rotatable bonds is 10. The van der Waals surface area contributed by atoms with E-state index in [9.17, 15) is 0 Å². The first-order valence-electron chi connectivity index (χ1n) is 4.66. The quantitative estimate of drug-likeness (QED) is 0.463. The van der Waals surface area contributed by atoms with Crippen LogP contribution in [0.25, 0.3) is 0 Å². The van der Waals surface area contributed by atoms with Gasteiger partial charge in [-0.1, -0.05) is 0 Å². The molecular formula is C9H20O6. The lowest BCUT2D eigenvalue weighted by Crippen LogP contribution is -2.47. The van der Waals surface area contributed by atoms with Gasteiger partial charge in [-0.15, -0.1) is 0 Å². The normalized spacial score (nSPS) is 12.0. The Labute approximate surface area is 89.7 Å². The summed E-state index contributed by atoms with van der Waals surface area (Å²) in [6.45, 7) is 0.361. The molecule has 0 aliphatic rings. The maximum atomic E-state index is 8.69. The third kappa shape index (κ3) is 6.03. The Kier molecular flexibility index (Phi) is 8.88. The summed E-state index contributed by atoms with van der Waals surface area (Å²) in [6, 6.07) is 0. The van der Waals surface area contributed by atoms with Gasteiger partial charge in [0, 0.05) is 14.2 Å². The van der Waals surface area contributed by atoms with E-state index in [-0.39, 0.29) is 33.0 Å². The second-order valence-electron chi connectivity index (χ2n) is 3.10. The van der Waals surface area contributed by atoms with Crippen LogP contribution < -0.4 is 0 Å². The molecule has 0 unspecified atom stereocenters. The summed E-state index contributed by atoms with van der Waals surface area (Å²) in [5.74, 6) is 0. The van der Waals surface area contributed by atoms with Gasteiger partial charge in [0.1, 0.15) is 12.4 Å². The molecule has 0 aromatic heterocycles. The topological polar surface area (TPSA) is 77.4 Å². The zero-order chi connectivity index (χ0) is 11.6. The van der Waals surface area contributed by atoms with Gasteiger partial charge in [-0.25, -0.2) is 0 Å². The Morgan fingerprint density at radius 1 is 1.00 bits per heavy atom. The van der Waals surface area contributed by atoms with E-state index in [1.165, 1.54) is 14.2 Å². The second-order valence-corrected chi connectivity index (χ2v) is 3.10. The van der Waals surface area contributed by atoms with Crippen LogP contribution >= 0.6 is 0 Å². The molecule has 0 amide bonds. The molecule has 15 heavy (non-hydrogen) atoms. The van der Waals surface area contributed by atoms with Crippen LogP contribution in [-0.2, 0) is 18.9 Å². The Morgan fingerprint density at radius 3 is 2.00 bits per heavy atom. The fourth-order valence-electron chi connectivity index (χ4n) is 1.27. The van der Waals surface area contributed by atoms with Gasteiger partial charge in [-0.3, -0.25) is 0 Å². The van der Waals surface area contributed by atoms with Crippen molar-refractivity contribution >= 4 is 0 Å². The number of hydrogen-bond donors (Lipinski definition) is 2. The van der Waals surface area contributed by atoms with Crippen LogP contribution in [0.4, 0.5) is 0 Å². The third-order valence-electron chi connectivity index (χ3n) is 1.77. The molecule has 0 saturated carbocycles. The molecular weight excluding hydrogens is 204 g/mol. The maximum absolute atomic E-state index is 8.69. The van der Waals surface area contributed by atoms with E-state index >= 15 is 0 Å². The largest absolute Gasteiger partial charge is 0.394 e. The molecule has 92 valence electrons. The summed E-state index contributed by atoms with van der Waals surface area (Å²) in [7, 11) is 3.07. The van der Waals surface area contributed by atoms with Crippen LogP contribution in [0.15, 0.2) is 0 Å². The van der Waals surface area contributed by atoms with E-state index in [1.807, 2.05) is 0 Å². The Hall–Kier alpha value is -0.240. The molecule has 0 bridgehead atoms. The fraction of sp³-hybridized carbons (Fsp3) is 1.00. The van der Waals surface area contributed by atoms with Crippen molar-refractivity contribution in [2.75, 3.05) is 54.0 Å². The van der Waals surface area contributed by atoms with E-state index in [1.54, 1.807) is 0 Å². The summed E-state index contributed by atoms with van der Waals surface area (Å²) in [5.41, 5.74) is -0.783. The lowest BCUT2D eigenvalue weighted by molar-refractivity contribution is -0.174. The molecule has 6 heteroatoms. The SMILES string of the molecule is COCC(COC)(COCO)OCCO. The third-order valence-corrected chi connectivity index (χ3v) is 1.77. The molecule has 0 fully saturated rings. The maximum Gasteiger partial charge on any atom is 0.143 e. The molecule has 0 aliphatic heterocycles. The highest BCUT2D eigenvalue weighted by Crippen LogP contribution is 2.13. The van der Waals surface area contributed by atoms with E-state index in [0.29, 0.717) is 0 Å². The Balaban J connectivity index is 4.26. The highest BCUT2D eigenvalue weighted by molar-refractivity contribution is 4.80. The number of hydrogen-bond acceptors (Lipinski definition) is 6. The highest BCUT2D eigenvalue weighted by Gasteiger charge is 2.31. The summed E-state index contributed by atoms with van der Waals surface area (Å²) in [6.07, 6.45) is 0. The summed E-state index contributed by atoms with van der Waals surface area (Å²) >= 11 is 0. The zero-order valence-electron chi connectivity index (χ0n) is 9.27. The summed E-state index contributed by atoms with van der Waals surface area (Å²) in [5, 5.41) is 17.3. The predicted molar refractivity (Wildman–Crippen MR) is 52.6 cm³/mol. The lowest BCUT2D eigenvalue weighted by Gasteiger charge is -2.31. The molecule has 6 nitrogen and oxygen atoms in total. The molecule has 0 saturated heterocycles. The van der Waals surface area contributed by atoms with Crippen molar-refractivity contribution < 1.29 is 29.2 Å². The monoisotopic (exact) mass is 224 g/mol. The van der Waals surface area contributed by atoms with Crippen LogP contribution in [0.5, 0.6) is 0 Å². The van der Waals surface area contributed by atoms with E-state index in [0.717, 1.165) is 0 Å². The van der Waals surface area contributed by atoms with Crippen molar-refractivity contribution in [1.82, 2.24) is 0 Å². The van der Waals surface area contributed by atoms with Gasteiger partial charge in [-0.2, -0.15) is 0 Å². The first-order chi connectivity index (χ1) is 7.24. The van der Waals surface area contributed by atoms with Crippen molar-refractivity contribution in [3.63, 3.8) is 0 Å². The standard InChI is InChI=1S/C9H20O6/c1-12-5-9(6-13-2,7-14-8-11)15-4-3-10/h10-11H,3-8H2,1-2H3. The van der Waals surface area contributed by atoms with Gasteiger partial charge in [0.2, 0.25) is 0 Å². The Morgan fingerprint density at radius 2 is 1.60 bits per heavy atom. The molecule has 0 spiro atoms. The zero-order valence-corrected chi connectivity index (χ0v) is 9.27. The number of aliphatic hydroxyl groups excluding tert-OH is 2. The van der Waals surface area contributed by atoms with E-state index in [2.05, 4.69) is 0 Å². The van der Waals surface area contributed by atoms with Crippen LogP contribution in [0.1, 0.15) is 0 Å². The molecule has 0 aromatic rings. The first-order valence-corrected chi connectivity index (χ1v) is 4.66. The van der Waals surface area contributed by atoms with Crippen molar-refractivity contribution in [3.05, 3.63) is 0 Å². The van der Waals surface area contributed by atoms with Gasteiger partial charge in [0.05, 0.1) is 33.0 Å². The smallest absolute Gasteiger partial charge is 0.143 e. The predicted octanol–water partition coefficient (Wildman–Crippen LogP) is -1.01. The average molecular weight is 224 g/mol. The molecule has 0 radical (unpaired) electrons. The molecule has 0 rings (SSSR count). The van der Waals surface area contributed by atoms with Crippen molar-refractivity contribution in [3.8, 4) is 0 Å². The van der Waals surface area contributed by atoms with Crippen LogP contribution in [0.3, 0.4) is 0 Å². The fourth-order valence-corrected chi connectivity index (χ4v) is 1.27. The van der Waals surface area contributed by atoms with Crippen molar-refractivity contribution in [1.29, 1.82) is 0 Å². The van der Waals surface area contributed by atoms with E-state index in [4.69, 9.17) is 29.2 Å². The number of methoxy groups -OCH3 is 2. The lowest BCUT2D eigenvalue weighted by atomic mass is 10.1. The molecule has 0 heterocycles. The van der Waals surface area contributed by atoms with Gasteiger partial charge in [0.15, 0.2) is 0 Å². The minimum atomic E-state index is -0.783. The highest BCUT2D eigenvalue weighted by atomic mass is 16.6. The van der Waals surface area contributed by atoms with Crippen LogP contribution in [-0.4, -0.2) is 69.9 Å². The van der Waals surface area contributed by atoms with Gasteiger partial charge in [0.25, 0.3) is 0 Å². The van der Waals surface area contributed by atoms with E-state index < -0.39 is 12.4 Å². The van der Waals surface area contributed by atoms with Crippen LogP contribution in [0, 0.1) is 0 Å².